The first kappa shape index (κ1) is 18.3. The molecule has 0 spiro atoms. The van der Waals surface area contributed by atoms with Crippen molar-refractivity contribution in [2.75, 3.05) is 13.1 Å². The maximum atomic E-state index is 12.7. The number of rotatable bonds is 7. The quantitative estimate of drug-likeness (QED) is 0.642. The Balaban J connectivity index is 1.65. The standard InChI is InChI=1S/C18H23N3O5/c22-16-14(11-20-10-4-7-15(18(25)26)21(16)20)19-13(17(23)24)9-8-12-5-2-1-3-6-12/h1-3,5-6,13-15,19H,4,7-11H2,(H,23,24)(H,25,26). The Bertz CT molecular complexity index is 681. The zero-order valence-corrected chi connectivity index (χ0v) is 14.4. The van der Waals surface area contributed by atoms with Crippen LogP contribution in [0.1, 0.15) is 24.8 Å². The van der Waals surface area contributed by atoms with Crippen LogP contribution in [-0.4, -0.2) is 69.3 Å². The number of aryl methyl sites for hydroxylation is 1. The molecule has 2 aliphatic heterocycles. The van der Waals surface area contributed by atoms with Crippen molar-refractivity contribution in [3.8, 4) is 0 Å². The fourth-order valence-electron chi connectivity index (χ4n) is 3.64. The second-order valence-corrected chi connectivity index (χ2v) is 6.73. The van der Waals surface area contributed by atoms with Gasteiger partial charge in [-0.3, -0.25) is 19.9 Å². The smallest absolute Gasteiger partial charge is 0.328 e. The maximum absolute atomic E-state index is 12.7. The number of fused-ring (bicyclic) bond motifs is 1. The molecule has 0 bridgehead atoms. The van der Waals surface area contributed by atoms with Gasteiger partial charge in [0.05, 0.1) is 0 Å². The van der Waals surface area contributed by atoms with Gasteiger partial charge in [0, 0.05) is 13.1 Å². The third-order valence-electron chi connectivity index (χ3n) is 4.96. The Kier molecular flexibility index (Phi) is 5.53. The molecule has 0 saturated carbocycles. The van der Waals surface area contributed by atoms with E-state index in [0.29, 0.717) is 38.8 Å². The zero-order chi connectivity index (χ0) is 18.7. The topological polar surface area (TPSA) is 110 Å². The number of nitrogens with zero attached hydrogens (tertiary/aromatic N) is 2. The van der Waals surface area contributed by atoms with Gasteiger partial charge in [-0.15, -0.1) is 0 Å². The Labute approximate surface area is 151 Å². The van der Waals surface area contributed by atoms with Gasteiger partial charge < -0.3 is 10.2 Å². The maximum Gasteiger partial charge on any atom is 0.328 e. The second-order valence-electron chi connectivity index (χ2n) is 6.73. The summed E-state index contributed by atoms with van der Waals surface area (Å²) in [6.45, 7) is 0.910. The predicted octanol–water partition coefficient (Wildman–Crippen LogP) is 0.337. The summed E-state index contributed by atoms with van der Waals surface area (Å²) in [5.41, 5.74) is 1.03. The van der Waals surface area contributed by atoms with E-state index in [9.17, 15) is 24.6 Å². The van der Waals surface area contributed by atoms with Crippen LogP contribution in [0.5, 0.6) is 0 Å². The van der Waals surface area contributed by atoms with Gasteiger partial charge in [0.2, 0.25) is 0 Å². The second kappa shape index (κ2) is 7.84. The molecular formula is C18H23N3O5. The number of hydrogen-bond donors (Lipinski definition) is 3. The molecule has 2 saturated heterocycles. The fourth-order valence-corrected chi connectivity index (χ4v) is 3.64. The minimum atomic E-state index is -1.03. The van der Waals surface area contributed by atoms with E-state index in [2.05, 4.69) is 5.32 Å². The van der Waals surface area contributed by atoms with Crippen molar-refractivity contribution >= 4 is 17.8 Å². The molecule has 2 aliphatic rings. The van der Waals surface area contributed by atoms with Crippen LogP contribution in [0, 0.1) is 0 Å². The lowest BCUT2D eigenvalue weighted by molar-refractivity contribution is -0.165. The lowest BCUT2D eigenvalue weighted by Crippen LogP contribution is -2.54. The van der Waals surface area contributed by atoms with Crippen LogP contribution in [0.4, 0.5) is 0 Å². The number of carboxylic acids is 2. The molecule has 1 amide bonds. The molecule has 0 aromatic heterocycles. The highest BCUT2D eigenvalue weighted by Crippen LogP contribution is 2.25. The van der Waals surface area contributed by atoms with Crippen LogP contribution in [0.15, 0.2) is 30.3 Å². The summed E-state index contributed by atoms with van der Waals surface area (Å²) in [5, 5.41) is 24.8. The SMILES string of the molecule is O=C(O)C(CCc1ccccc1)NC1CN2CCCC(C(=O)O)N2C1=O. The van der Waals surface area contributed by atoms with E-state index in [-0.39, 0.29) is 5.91 Å². The highest BCUT2D eigenvalue weighted by Gasteiger charge is 2.47. The van der Waals surface area contributed by atoms with Crippen LogP contribution >= 0.6 is 0 Å². The first-order chi connectivity index (χ1) is 12.5. The molecule has 8 heteroatoms. The largest absolute Gasteiger partial charge is 0.480 e. The van der Waals surface area contributed by atoms with Crippen molar-refractivity contribution in [2.45, 2.75) is 43.8 Å². The van der Waals surface area contributed by atoms with Crippen molar-refractivity contribution in [1.29, 1.82) is 0 Å². The third kappa shape index (κ3) is 3.86. The molecular weight excluding hydrogens is 338 g/mol. The summed E-state index contributed by atoms with van der Waals surface area (Å²) in [6, 6.07) is 7.13. The average Bonchev–Trinajstić information content (AvgIpc) is 2.95. The number of carboxylic acid groups (broad SMARTS) is 2. The molecule has 0 aliphatic carbocycles. The van der Waals surface area contributed by atoms with Crippen LogP contribution in [0.2, 0.25) is 0 Å². The van der Waals surface area contributed by atoms with E-state index < -0.39 is 30.1 Å². The molecule has 0 radical (unpaired) electrons. The molecule has 8 nitrogen and oxygen atoms in total. The molecule has 3 N–H and O–H groups in total. The van der Waals surface area contributed by atoms with E-state index in [1.54, 1.807) is 5.01 Å². The van der Waals surface area contributed by atoms with Crippen LogP contribution in [0.3, 0.4) is 0 Å². The molecule has 1 aromatic carbocycles. The molecule has 3 rings (SSSR count). The lowest BCUT2D eigenvalue weighted by atomic mass is 10.0. The number of aliphatic carboxylic acids is 2. The minimum Gasteiger partial charge on any atom is -0.480 e. The van der Waals surface area contributed by atoms with Crippen LogP contribution in [-0.2, 0) is 20.8 Å². The first-order valence-corrected chi connectivity index (χ1v) is 8.81. The van der Waals surface area contributed by atoms with E-state index in [4.69, 9.17) is 0 Å². The number of nitrogens with one attached hydrogen (secondary N) is 1. The van der Waals surface area contributed by atoms with Gasteiger partial charge in [-0.1, -0.05) is 30.3 Å². The van der Waals surface area contributed by atoms with Crippen molar-refractivity contribution in [1.82, 2.24) is 15.3 Å². The van der Waals surface area contributed by atoms with E-state index in [1.807, 2.05) is 30.3 Å². The van der Waals surface area contributed by atoms with Gasteiger partial charge in [-0.25, -0.2) is 9.80 Å². The van der Waals surface area contributed by atoms with Gasteiger partial charge in [-0.05, 0) is 31.2 Å². The van der Waals surface area contributed by atoms with Gasteiger partial charge in [0.25, 0.3) is 5.91 Å². The van der Waals surface area contributed by atoms with E-state index >= 15 is 0 Å². The molecule has 2 fully saturated rings. The van der Waals surface area contributed by atoms with Gasteiger partial charge in [-0.2, -0.15) is 0 Å². The molecule has 3 unspecified atom stereocenters. The van der Waals surface area contributed by atoms with Crippen molar-refractivity contribution in [2.24, 2.45) is 0 Å². The summed E-state index contributed by atoms with van der Waals surface area (Å²) in [7, 11) is 0. The van der Waals surface area contributed by atoms with Crippen molar-refractivity contribution in [3.63, 3.8) is 0 Å². The van der Waals surface area contributed by atoms with Gasteiger partial charge in [0.1, 0.15) is 18.1 Å². The highest BCUT2D eigenvalue weighted by atomic mass is 16.4. The Morgan fingerprint density at radius 2 is 1.96 bits per heavy atom. The molecule has 3 atom stereocenters. The number of benzene rings is 1. The highest BCUT2D eigenvalue weighted by molar-refractivity contribution is 5.89. The van der Waals surface area contributed by atoms with Crippen LogP contribution < -0.4 is 5.32 Å². The normalized spacial score (nSPS) is 24.3. The zero-order valence-electron chi connectivity index (χ0n) is 14.4. The predicted molar refractivity (Wildman–Crippen MR) is 92.2 cm³/mol. The number of hydrogen-bond acceptors (Lipinski definition) is 5. The minimum absolute atomic E-state index is 0.303. The average molecular weight is 361 g/mol. The van der Waals surface area contributed by atoms with Crippen molar-refractivity contribution in [3.05, 3.63) is 35.9 Å². The molecule has 1 aromatic rings. The van der Waals surface area contributed by atoms with Crippen molar-refractivity contribution < 1.29 is 24.6 Å². The molecule has 2 heterocycles. The summed E-state index contributed by atoms with van der Waals surface area (Å²) in [5.74, 6) is -2.39. The summed E-state index contributed by atoms with van der Waals surface area (Å²) < 4.78 is 0. The summed E-state index contributed by atoms with van der Waals surface area (Å²) in [6.07, 6.45) is 2.05. The Morgan fingerprint density at radius 3 is 2.62 bits per heavy atom. The summed E-state index contributed by atoms with van der Waals surface area (Å²) in [4.78, 5) is 35.7. The van der Waals surface area contributed by atoms with Crippen LogP contribution in [0.25, 0.3) is 0 Å². The Hall–Kier alpha value is -2.45. The Morgan fingerprint density at radius 1 is 1.23 bits per heavy atom. The van der Waals surface area contributed by atoms with E-state index in [1.165, 1.54) is 5.01 Å². The molecule has 26 heavy (non-hydrogen) atoms. The number of carbonyl (C=O) groups is 3. The molecule has 140 valence electrons. The first-order valence-electron chi connectivity index (χ1n) is 8.81. The monoisotopic (exact) mass is 361 g/mol. The fraction of sp³-hybridized carbons (Fsp3) is 0.500. The van der Waals surface area contributed by atoms with Gasteiger partial charge in [0.15, 0.2) is 0 Å². The third-order valence-corrected chi connectivity index (χ3v) is 4.96. The number of amides is 1. The van der Waals surface area contributed by atoms with E-state index in [0.717, 1.165) is 5.56 Å². The summed E-state index contributed by atoms with van der Waals surface area (Å²) >= 11 is 0. The number of hydrazine groups is 1. The lowest BCUT2D eigenvalue weighted by Gasteiger charge is -2.36. The van der Waals surface area contributed by atoms with Gasteiger partial charge >= 0.3 is 11.9 Å². The number of carbonyl (C=O) groups excluding carboxylic acids is 1.